The van der Waals surface area contributed by atoms with Gasteiger partial charge in [-0.15, -0.1) is 11.8 Å². The van der Waals surface area contributed by atoms with Crippen molar-refractivity contribution < 1.29 is 14.3 Å². The van der Waals surface area contributed by atoms with Crippen LogP contribution in [0, 0.1) is 6.92 Å². The zero-order chi connectivity index (χ0) is 18.0. The van der Waals surface area contributed by atoms with E-state index in [2.05, 4.69) is 5.32 Å². The molecular formula is C19H18ClNO3S. The van der Waals surface area contributed by atoms with Crippen molar-refractivity contribution in [2.45, 2.75) is 29.0 Å². The standard InChI is InChI=1S/C19H18ClNO3S/c1-12-6-8-15(9-7-12)25-19(18(23)24-2)11-16(22)21-17(19)13-4-3-5-14(20)10-13/h3-10,17H,11H2,1-2H3,(H,21,22)/t17-,19-/m1/s1. The first-order valence-electron chi connectivity index (χ1n) is 7.83. The number of ether oxygens (including phenoxy) is 1. The predicted octanol–water partition coefficient (Wildman–Crippen LogP) is 3.91. The fourth-order valence-electron chi connectivity index (χ4n) is 3.02. The fraction of sp³-hybridized carbons (Fsp3) is 0.263. The highest BCUT2D eigenvalue weighted by Gasteiger charge is 2.55. The predicted molar refractivity (Wildman–Crippen MR) is 98.7 cm³/mol. The van der Waals surface area contributed by atoms with Gasteiger partial charge in [-0.25, -0.2) is 0 Å². The normalized spacial score (nSPS) is 22.5. The van der Waals surface area contributed by atoms with E-state index in [4.69, 9.17) is 16.3 Å². The van der Waals surface area contributed by atoms with Crippen LogP contribution in [0.1, 0.15) is 23.6 Å². The van der Waals surface area contributed by atoms with Crippen LogP contribution in [-0.4, -0.2) is 23.7 Å². The van der Waals surface area contributed by atoms with E-state index in [1.807, 2.05) is 37.3 Å². The van der Waals surface area contributed by atoms with Crippen LogP contribution in [0.3, 0.4) is 0 Å². The molecule has 0 bridgehead atoms. The van der Waals surface area contributed by atoms with Crippen molar-refractivity contribution in [1.82, 2.24) is 5.32 Å². The van der Waals surface area contributed by atoms with Crippen LogP contribution in [0.15, 0.2) is 53.4 Å². The lowest BCUT2D eigenvalue weighted by Gasteiger charge is -2.31. The van der Waals surface area contributed by atoms with Gasteiger partial charge >= 0.3 is 5.97 Å². The molecular weight excluding hydrogens is 358 g/mol. The molecule has 130 valence electrons. The van der Waals surface area contributed by atoms with Crippen molar-refractivity contribution in [3.63, 3.8) is 0 Å². The van der Waals surface area contributed by atoms with E-state index < -0.39 is 16.8 Å². The Bertz CT molecular complexity index is 809. The topological polar surface area (TPSA) is 55.4 Å². The maximum atomic E-state index is 12.8. The van der Waals surface area contributed by atoms with Gasteiger partial charge in [0, 0.05) is 9.92 Å². The van der Waals surface area contributed by atoms with Crippen molar-refractivity contribution in [3.05, 3.63) is 64.7 Å². The van der Waals surface area contributed by atoms with Crippen LogP contribution >= 0.6 is 23.4 Å². The van der Waals surface area contributed by atoms with E-state index in [1.54, 1.807) is 18.2 Å². The van der Waals surface area contributed by atoms with E-state index in [9.17, 15) is 9.59 Å². The molecule has 25 heavy (non-hydrogen) atoms. The average molecular weight is 376 g/mol. The van der Waals surface area contributed by atoms with Crippen molar-refractivity contribution in [2.24, 2.45) is 0 Å². The molecule has 0 aliphatic carbocycles. The van der Waals surface area contributed by atoms with Crippen LogP contribution in [-0.2, 0) is 14.3 Å². The lowest BCUT2D eigenvalue weighted by Crippen LogP contribution is -2.41. The number of nitrogens with one attached hydrogen (secondary N) is 1. The number of carbonyl (C=O) groups is 2. The number of thioether (sulfide) groups is 1. The number of benzene rings is 2. The summed E-state index contributed by atoms with van der Waals surface area (Å²) >= 11 is 7.46. The summed E-state index contributed by atoms with van der Waals surface area (Å²) in [5, 5.41) is 3.47. The molecule has 1 aliphatic heterocycles. The monoisotopic (exact) mass is 375 g/mol. The lowest BCUT2D eigenvalue weighted by atomic mass is 9.93. The van der Waals surface area contributed by atoms with Gasteiger partial charge in [0.05, 0.1) is 19.6 Å². The van der Waals surface area contributed by atoms with Gasteiger partial charge < -0.3 is 10.1 Å². The molecule has 0 radical (unpaired) electrons. The summed E-state index contributed by atoms with van der Waals surface area (Å²) in [5.74, 6) is -0.614. The van der Waals surface area contributed by atoms with Gasteiger partial charge in [0.2, 0.25) is 5.91 Å². The number of amides is 1. The second-order valence-electron chi connectivity index (χ2n) is 6.03. The minimum atomic E-state index is -1.08. The number of halogens is 1. The average Bonchev–Trinajstić information content (AvgIpc) is 2.93. The quantitative estimate of drug-likeness (QED) is 0.823. The molecule has 1 heterocycles. The molecule has 0 aromatic heterocycles. The Morgan fingerprint density at radius 1 is 1.28 bits per heavy atom. The van der Waals surface area contributed by atoms with Crippen LogP contribution in [0.2, 0.25) is 5.02 Å². The molecule has 0 spiro atoms. The van der Waals surface area contributed by atoms with Crippen LogP contribution in [0.5, 0.6) is 0 Å². The molecule has 1 saturated heterocycles. The fourth-order valence-corrected chi connectivity index (χ4v) is 4.60. The third-order valence-corrected chi connectivity index (χ3v) is 5.88. The molecule has 1 amide bonds. The van der Waals surface area contributed by atoms with E-state index >= 15 is 0 Å². The summed E-state index contributed by atoms with van der Waals surface area (Å²) in [6.07, 6.45) is 0.0510. The molecule has 2 aromatic rings. The highest BCUT2D eigenvalue weighted by Crippen LogP contribution is 2.49. The van der Waals surface area contributed by atoms with Gasteiger partial charge in [0.1, 0.15) is 0 Å². The number of hydrogen-bond acceptors (Lipinski definition) is 4. The molecule has 3 rings (SSSR count). The highest BCUT2D eigenvalue weighted by atomic mass is 35.5. The number of rotatable bonds is 4. The molecule has 6 heteroatoms. The summed E-state index contributed by atoms with van der Waals surface area (Å²) < 4.78 is 4.00. The summed E-state index contributed by atoms with van der Waals surface area (Å²) in [4.78, 5) is 25.9. The van der Waals surface area contributed by atoms with Crippen LogP contribution < -0.4 is 5.32 Å². The summed E-state index contributed by atoms with van der Waals surface area (Å²) in [6.45, 7) is 2.00. The van der Waals surface area contributed by atoms with Crippen molar-refractivity contribution in [2.75, 3.05) is 7.11 Å². The van der Waals surface area contributed by atoms with Gasteiger partial charge in [0.15, 0.2) is 4.75 Å². The summed E-state index contributed by atoms with van der Waals surface area (Å²) in [6, 6.07) is 14.5. The Morgan fingerprint density at radius 2 is 2.00 bits per heavy atom. The zero-order valence-corrected chi connectivity index (χ0v) is 15.5. The SMILES string of the molecule is COC(=O)[C@@]1(Sc2ccc(C)cc2)CC(=O)N[C@@H]1c1cccc(Cl)c1. The Morgan fingerprint density at radius 3 is 2.64 bits per heavy atom. The van der Waals surface area contributed by atoms with Gasteiger partial charge in [-0.3, -0.25) is 9.59 Å². The Kier molecular flexibility index (Phi) is 5.06. The maximum Gasteiger partial charge on any atom is 0.325 e. The number of hydrogen-bond donors (Lipinski definition) is 1. The first-order chi connectivity index (χ1) is 11.9. The number of methoxy groups -OCH3 is 1. The molecule has 1 aliphatic rings. The Hall–Kier alpha value is -1.98. The number of esters is 1. The highest BCUT2D eigenvalue weighted by molar-refractivity contribution is 8.01. The zero-order valence-electron chi connectivity index (χ0n) is 13.9. The van der Waals surface area contributed by atoms with Crippen molar-refractivity contribution in [1.29, 1.82) is 0 Å². The lowest BCUT2D eigenvalue weighted by molar-refractivity contribution is -0.144. The van der Waals surface area contributed by atoms with E-state index in [1.165, 1.54) is 18.9 Å². The molecule has 2 aromatic carbocycles. The van der Waals surface area contributed by atoms with Crippen LogP contribution in [0.4, 0.5) is 0 Å². The molecule has 1 fully saturated rings. The molecule has 1 N–H and O–H groups in total. The van der Waals surface area contributed by atoms with Gasteiger partial charge in [0.25, 0.3) is 0 Å². The van der Waals surface area contributed by atoms with Gasteiger partial charge in [-0.1, -0.05) is 41.4 Å². The summed E-state index contributed by atoms with van der Waals surface area (Å²) in [7, 11) is 1.34. The first kappa shape index (κ1) is 17.8. The van der Waals surface area contributed by atoms with Crippen molar-refractivity contribution >= 4 is 35.2 Å². The minimum absolute atomic E-state index is 0.0510. The van der Waals surface area contributed by atoms with Gasteiger partial charge in [-0.2, -0.15) is 0 Å². The first-order valence-corrected chi connectivity index (χ1v) is 9.03. The number of carbonyl (C=O) groups excluding carboxylic acids is 2. The number of aryl methyl sites for hydroxylation is 1. The summed E-state index contributed by atoms with van der Waals surface area (Å²) in [5.41, 5.74) is 1.91. The van der Waals surface area contributed by atoms with E-state index in [-0.39, 0.29) is 12.3 Å². The maximum absolute atomic E-state index is 12.8. The Balaban J connectivity index is 2.06. The van der Waals surface area contributed by atoms with Crippen LogP contribution in [0.25, 0.3) is 0 Å². The smallest absolute Gasteiger partial charge is 0.325 e. The molecule has 0 unspecified atom stereocenters. The minimum Gasteiger partial charge on any atom is -0.468 e. The van der Waals surface area contributed by atoms with Crippen molar-refractivity contribution in [3.8, 4) is 0 Å². The molecule has 4 nitrogen and oxygen atoms in total. The van der Waals surface area contributed by atoms with E-state index in [0.717, 1.165) is 16.0 Å². The Labute approximate surface area is 155 Å². The molecule has 2 atom stereocenters. The third kappa shape index (κ3) is 3.53. The third-order valence-electron chi connectivity index (χ3n) is 4.23. The molecule has 0 saturated carbocycles. The second-order valence-corrected chi connectivity index (χ2v) is 7.87. The van der Waals surface area contributed by atoms with Gasteiger partial charge in [-0.05, 0) is 36.8 Å². The largest absolute Gasteiger partial charge is 0.468 e. The van der Waals surface area contributed by atoms with E-state index in [0.29, 0.717) is 5.02 Å². The second kappa shape index (κ2) is 7.10.